The third kappa shape index (κ3) is 3.54. The zero-order chi connectivity index (χ0) is 10.4. The summed E-state index contributed by atoms with van der Waals surface area (Å²) in [7, 11) is 0. The van der Waals surface area contributed by atoms with E-state index in [1.807, 2.05) is 13.8 Å². The van der Waals surface area contributed by atoms with Crippen molar-refractivity contribution in [1.29, 1.82) is 0 Å². The van der Waals surface area contributed by atoms with Gasteiger partial charge in [-0.05, 0) is 32.9 Å². The molecule has 0 fully saturated rings. The highest BCUT2D eigenvalue weighted by Crippen LogP contribution is 2.12. The Morgan fingerprint density at radius 3 is 2.64 bits per heavy atom. The summed E-state index contributed by atoms with van der Waals surface area (Å²) in [6.07, 6.45) is 3.87. The summed E-state index contributed by atoms with van der Waals surface area (Å²) < 4.78 is 5.45. The van der Waals surface area contributed by atoms with Crippen LogP contribution >= 0.6 is 0 Å². The minimum Gasteiger partial charge on any atom is -0.466 e. The monoisotopic (exact) mass is 195 g/mol. The number of aryl methyl sites for hydroxylation is 2. The van der Waals surface area contributed by atoms with E-state index in [0.717, 1.165) is 24.6 Å². The molecule has 0 spiro atoms. The van der Waals surface area contributed by atoms with E-state index in [2.05, 4.69) is 18.3 Å². The highest BCUT2D eigenvalue weighted by molar-refractivity contribution is 5.19. The first-order valence-electron chi connectivity index (χ1n) is 5.50. The summed E-state index contributed by atoms with van der Waals surface area (Å²) in [5.41, 5.74) is 1.29. The van der Waals surface area contributed by atoms with E-state index in [4.69, 9.17) is 4.42 Å². The standard InChI is InChI=1S/C12H21NO/c1-4-5-6-7-13-9-12-8-10(2)14-11(12)3/h8,13H,4-7,9H2,1-3H3. The Balaban J connectivity index is 2.21. The SMILES string of the molecule is CCCCCNCc1cc(C)oc1C. The fraction of sp³-hybridized carbons (Fsp3) is 0.667. The van der Waals surface area contributed by atoms with Crippen molar-refractivity contribution in [2.45, 2.75) is 46.6 Å². The number of hydrogen-bond donors (Lipinski definition) is 1. The van der Waals surface area contributed by atoms with Gasteiger partial charge in [0.25, 0.3) is 0 Å². The minimum absolute atomic E-state index is 0.937. The Morgan fingerprint density at radius 1 is 1.29 bits per heavy atom. The summed E-state index contributed by atoms with van der Waals surface area (Å²) in [5, 5.41) is 3.43. The summed E-state index contributed by atoms with van der Waals surface area (Å²) in [6, 6.07) is 2.11. The van der Waals surface area contributed by atoms with E-state index in [1.54, 1.807) is 0 Å². The van der Waals surface area contributed by atoms with Gasteiger partial charge >= 0.3 is 0 Å². The second-order valence-corrected chi connectivity index (χ2v) is 3.82. The maximum Gasteiger partial charge on any atom is 0.105 e. The van der Waals surface area contributed by atoms with E-state index in [9.17, 15) is 0 Å². The molecule has 0 aromatic carbocycles. The van der Waals surface area contributed by atoms with Crippen LogP contribution in [0, 0.1) is 13.8 Å². The summed E-state index contributed by atoms with van der Waals surface area (Å²) in [4.78, 5) is 0. The first kappa shape index (κ1) is 11.3. The predicted octanol–water partition coefficient (Wildman–Crippen LogP) is 3.18. The lowest BCUT2D eigenvalue weighted by atomic mass is 10.2. The molecule has 0 radical (unpaired) electrons. The molecule has 2 nitrogen and oxygen atoms in total. The van der Waals surface area contributed by atoms with Crippen molar-refractivity contribution in [2.24, 2.45) is 0 Å². The highest BCUT2D eigenvalue weighted by atomic mass is 16.3. The topological polar surface area (TPSA) is 25.2 Å². The average molecular weight is 195 g/mol. The Morgan fingerprint density at radius 2 is 2.07 bits per heavy atom. The second-order valence-electron chi connectivity index (χ2n) is 3.82. The molecular weight excluding hydrogens is 174 g/mol. The van der Waals surface area contributed by atoms with Crippen LogP contribution in [0.25, 0.3) is 0 Å². The van der Waals surface area contributed by atoms with Gasteiger partial charge in [-0.1, -0.05) is 19.8 Å². The van der Waals surface area contributed by atoms with Crippen LogP contribution < -0.4 is 5.32 Å². The third-order valence-corrected chi connectivity index (χ3v) is 2.42. The van der Waals surface area contributed by atoms with Crippen molar-refractivity contribution in [1.82, 2.24) is 5.32 Å². The summed E-state index contributed by atoms with van der Waals surface area (Å²) >= 11 is 0. The maximum absolute atomic E-state index is 5.45. The molecule has 0 unspecified atom stereocenters. The molecule has 0 bridgehead atoms. The van der Waals surface area contributed by atoms with Crippen LogP contribution in [0.1, 0.15) is 43.3 Å². The Bertz CT molecular complexity index is 265. The normalized spacial score (nSPS) is 10.8. The largest absolute Gasteiger partial charge is 0.466 e. The predicted molar refractivity (Wildman–Crippen MR) is 59.4 cm³/mol. The van der Waals surface area contributed by atoms with Crippen LogP contribution in [0.2, 0.25) is 0 Å². The molecule has 0 amide bonds. The third-order valence-electron chi connectivity index (χ3n) is 2.42. The number of nitrogens with one attached hydrogen (secondary N) is 1. The first-order valence-corrected chi connectivity index (χ1v) is 5.50. The van der Waals surface area contributed by atoms with Crippen LogP contribution in [-0.2, 0) is 6.54 Å². The molecule has 14 heavy (non-hydrogen) atoms. The van der Waals surface area contributed by atoms with Crippen molar-refractivity contribution in [2.75, 3.05) is 6.54 Å². The number of hydrogen-bond acceptors (Lipinski definition) is 2. The number of rotatable bonds is 6. The molecule has 0 saturated heterocycles. The molecule has 0 aliphatic carbocycles. The van der Waals surface area contributed by atoms with E-state index in [0.29, 0.717) is 0 Å². The van der Waals surface area contributed by atoms with Crippen LogP contribution in [-0.4, -0.2) is 6.54 Å². The molecule has 80 valence electrons. The lowest BCUT2D eigenvalue weighted by Gasteiger charge is -2.02. The first-order chi connectivity index (χ1) is 6.74. The Hall–Kier alpha value is -0.760. The fourth-order valence-electron chi connectivity index (χ4n) is 1.58. The molecule has 0 saturated carbocycles. The van der Waals surface area contributed by atoms with Gasteiger partial charge in [-0.3, -0.25) is 0 Å². The zero-order valence-corrected chi connectivity index (χ0v) is 9.52. The van der Waals surface area contributed by atoms with Gasteiger partial charge in [0.1, 0.15) is 11.5 Å². The van der Waals surface area contributed by atoms with Crippen LogP contribution in [0.5, 0.6) is 0 Å². The zero-order valence-electron chi connectivity index (χ0n) is 9.52. The lowest BCUT2D eigenvalue weighted by Crippen LogP contribution is -2.14. The molecule has 1 aromatic heterocycles. The van der Waals surface area contributed by atoms with Gasteiger partial charge in [0.05, 0.1) is 0 Å². The Labute approximate surface area is 86.7 Å². The van der Waals surface area contributed by atoms with E-state index >= 15 is 0 Å². The van der Waals surface area contributed by atoms with Gasteiger partial charge in [0, 0.05) is 12.1 Å². The van der Waals surface area contributed by atoms with Crippen molar-refractivity contribution in [3.63, 3.8) is 0 Å². The van der Waals surface area contributed by atoms with Gasteiger partial charge in [-0.25, -0.2) is 0 Å². The van der Waals surface area contributed by atoms with Gasteiger partial charge in [0.2, 0.25) is 0 Å². The average Bonchev–Trinajstić information content (AvgIpc) is 2.45. The van der Waals surface area contributed by atoms with Gasteiger partial charge in [-0.2, -0.15) is 0 Å². The molecule has 1 heterocycles. The quantitative estimate of drug-likeness (QED) is 0.705. The molecular formula is C12H21NO. The minimum atomic E-state index is 0.937. The van der Waals surface area contributed by atoms with Crippen LogP contribution in [0.3, 0.4) is 0 Å². The summed E-state index contributed by atoms with van der Waals surface area (Å²) in [5.74, 6) is 2.05. The highest BCUT2D eigenvalue weighted by Gasteiger charge is 2.02. The smallest absolute Gasteiger partial charge is 0.105 e. The second kappa shape index (κ2) is 5.86. The maximum atomic E-state index is 5.45. The van der Waals surface area contributed by atoms with Crippen molar-refractivity contribution < 1.29 is 4.42 Å². The van der Waals surface area contributed by atoms with Gasteiger partial charge < -0.3 is 9.73 Å². The van der Waals surface area contributed by atoms with Gasteiger partial charge in [0.15, 0.2) is 0 Å². The van der Waals surface area contributed by atoms with E-state index in [-0.39, 0.29) is 0 Å². The number of unbranched alkanes of at least 4 members (excludes halogenated alkanes) is 2. The van der Waals surface area contributed by atoms with Crippen molar-refractivity contribution in [3.05, 3.63) is 23.2 Å². The van der Waals surface area contributed by atoms with Crippen LogP contribution in [0.4, 0.5) is 0 Å². The molecule has 1 N–H and O–H groups in total. The lowest BCUT2D eigenvalue weighted by molar-refractivity contribution is 0.498. The van der Waals surface area contributed by atoms with Crippen molar-refractivity contribution in [3.8, 4) is 0 Å². The van der Waals surface area contributed by atoms with Gasteiger partial charge in [-0.15, -0.1) is 0 Å². The van der Waals surface area contributed by atoms with E-state index < -0.39 is 0 Å². The van der Waals surface area contributed by atoms with Crippen LogP contribution in [0.15, 0.2) is 10.5 Å². The van der Waals surface area contributed by atoms with Crippen molar-refractivity contribution >= 4 is 0 Å². The van der Waals surface area contributed by atoms with E-state index in [1.165, 1.54) is 24.8 Å². The summed E-state index contributed by atoms with van der Waals surface area (Å²) in [6.45, 7) is 8.29. The Kier molecular flexibility index (Phi) is 4.74. The molecule has 0 aliphatic rings. The molecule has 0 aliphatic heterocycles. The molecule has 2 heteroatoms. The fourth-order valence-corrected chi connectivity index (χ4v) is 1.58. The molecule has 1 aromatic rings. The molecule has 1 rings (SSSR count). The number of furan rings is 1. The molecule has 0 atom stereocenters.